The monoisotopic (exact) mass is 282 g/mol. The summed E-state index contributed by atoms with van der Waals surface area (Å²) in [5.41, 5.74) is 1.96. The zero-order valence-corrected chi connectivity index (χ0v) is 11.7. The number of nitrogens with zero attached hydrogens (tertiary/aromatic N) is 3. The van der Waals surface area contributed by atoms with Gasteiger partial charge in [0.1, 0.15) is 5.52 Å². The van der Waals surface area contributed by atoms with E-state index < -0.39 is 11.5 Å². The van der Waals surface area contributed by atoms with Crippen molar-refractivity contribution in [2.24, 2.45) is 0 Å². The quantitative estimate of drug-likeness (QED) is 0.686. The van der Waals surface area contributed by atoms with Gasteiger partial charge < -0.3 is 5.84 Å². The summed E-state index contributed by atoms with van der Waals surface area (Å²) in [6, 6.07) is 10.8. The zero-order chi connectivity index (χ0) is 15.1. The van der Waals surface area contributed by atoms with E-state index in [1.54, 1.807) is 6.92 Å². The van der Waals surface area contributed by atoms with Crippen LogP contribution in [0.4, 0.5) is 0 Å². The Bertz CT molecular complexity index is 907. The largest absolute Gasteiger partial charge is 0.336 e. The highest BCUT2D eigenvalue weighted by Gasteiger charge is 2.18. The molecule has 0 unspecified atom stereocenters. The molecule has 0 aliphatic heterocycles. The fourth-order valence-corrected chi connectivity index (χ4v) is 2.42. The molecule has 0 aliphatic carbocycles. The molecule has 0 amide bonds. The molecular formula is C15H14N4O2. The Morgan fingerprint density at radius 2 is 1.90 bits per heavy atom. The van der Waals surface area contributed by atoms with Gasteiger partial charge in [-0.1, -0.05) is 30.3 Å². The van der Waals surface area contributed by atoms with Crippen LogP contribution in [0.3, 0.4) is 0 Å². The molecule has 0 bridgehead atoms. The third-order valence-electron chi connectivity index (χ3n) is 3.38. The van der Waals surface area contributed by atoms with Crippen LogP contribution >= 0.6 is 0 Å². The Kier molecular flexibility index (Phi) is 2.86. The lowest BCUT2D eigenvalue weighted by Crippen LogP contribution is -2.28. The minimum Gasteiger partial charge on any atom is -0.336 e. The van der Waals surface area contributed by atoms with Crippen LogP contribution in [-0.4, -0.2) is 20.1 Å². The minimum atomic E-state index is -0.404. The molecule has 6 heteroatoms. The molecule has 1 aromatic carbocycles. The summed E-state index contributed by atoms with van der Waals surface area (Å²) < 4.78 is 2.34. The van der Waals surface area contributed by atoms with Crippen LogP contribution in [0.1, 0.15) is 17.3 Å². The summed E-state index contributed by atoms with van der Waals surface area (Å²) in [7, 11) is 0. The maximum Gasteiger partial charge on any atom is 0.259 e. The van der Waals surface area contributed by atoms with Crippen LogP contribution in [0.25, 0.3) is 22.6 Å². The molecule has 0 saturated carbocycles. The number of fused-ring (bicyclic) bond motifs is 1. The Labute approximate surface area is 120 Å². The number of pyridine rings is 1. The van der Waals surface area contributed by atoms with Gasteiger partial charge in [0, 0.05) is 18.6 Å². The molecule has 0 aliphatic rings. The number of hydrogen-bond acceptors (Lipinski definition) is 4. The van der Waals surface area contributed by atoms with Gasteiger partial charge in [-0.2, -0.15) is 0 Å². The van der Waals surface area contributed by atoms with Crippen molar-refractivity contribution in [3.63, 3.8) is 0 Å². The van der Waals surface area contributed by atoms with Crippen LogP contribution in [0.5, 0.6) is 0 Å². The smallest absolute Gasteiger partial charge is 0.259 e. The average Bonchev–Trinajstić information content (AvgIpc) is 2.78. The molecule has 3 rings (SSSR count). The highest BCUT2D eigenvalue weighted by molar-refractivity contribution is 5.90. The van der Waals surface area contributed by atoms with Gasteiger partial charge in [0.15, 0.2) is 11.5 Å². The van der Waals surface area contributed by atoms with E-state index in [4.69, 9.17) is 5.84 Å². The summed E-state index contributed by atoms with van der Waals surface area (Å²) in [6.45, 7) is 3.10. The number of nitrogens with two attached hydrogens (primary N) is 1. The normalized spacial score (nSPS) is 11.0. The molecule has 6 nitrogen and oxygen atoms in total. The molecule has 2 aromatic heterocycles. The summed E-state index contributed by atoms with van der Waals surface area (Å²) in [5, 5.41) is 0. The standard InChI is InChI=1S/C15H14N4O2/c1-9-8-12(21)18(10(2)20)15-13(9)17-14(19(15)16)11-6-4-3-5-7-11/h3-8H,16H2,1-2H3. The van der Waals surface area contributed by atoms with E-state index in [1.807, 2.05) is 30.3 Å². The van der Waals surface area contributed by atoms with E-state index in [2.05, 4.69) is 4.98 Å². The van der Waals surface area contributed by atoms with Crippen LogP contribution < -0.4 is 11.4 Å². The van der Waals surface area contributed by atoms with Crippen molar-refractivity contribution in [2.75, 3.05) is 5.84 Å². The Balaban J connectivity index is 2.46. The van der Waals surface area contributed by atoms with Gasteiger partial charge in [-0.05, 0) is 12.5 Å². The van der Waals surface area contributed by atoms with Gasteiger partial charge in [0.05, 0.1) is 0 Å². The predicted molar refractivity (Wildman–Crippen MR) is 80.6 cm³/mol. The summed E-state index contributed by atoms with van der Waals surface area (Å²) in [5.74, 6) is 6.21. The van der Waals surface area contributed by atoms with Crippen LogP contribution in [0, 0.1) is 6.92 Å². The van der Waals surface area contributed by atoms with Crippen molar-refractivity contribution < 1.29 is 4.79 Å². The van der Waals surface area contributed by atoms with Crippen LogP contribution in [0.2, 0.25) is 0 Å². The van der Waals surface area contributed by atoms with E-state index in [0.717, 1.165) is 10.1 Å². The van der Waals surface area contributed by atoms with Crippen molar-refractivity contribution in [1.29, 1.82) is 0 Å². The summed E-state index contributed by atoms with van der Waals surface area (Å²) >= 11 is 0. The minimum absolute atomic E-state index is 0.311. The Morgan fingerprint density at radius 3 is 2.52 bits per heavy atom. The maximum absolute atomic E-state index is 12.0. The van der Waals surface area contributed by atoms with Crippen molar-refractivity contribution in [1.82, 2.24) is 14.2 Å². The zero-order valence-electron chi connectivity index (χ0n) is 11.7. The number of benzene rings is 1. The van der Waals surface area contributed by atoms with Crippen molar-refractivity contribution in [2.45, 2.75) is 13.8 Å². The Hall–Kier alpha value is -2.89. The van der Waals surface area contributed by atoms with Gasteiger partial charge in [-0.15, -0.1) is 0 Å². The molecule has 0 fully saturated rings. The fourth-order valence-electron chi connectivity index (χ4n) is 2.42. The average molecular weight is 282 g/mol. The molecule has 0 radical (unpaired) electrons. The third-order valence-corrected chi connectivity index (χ3v) is 3.38. The molecule has 0 atom stereocenters. The molecular weight excluding hydrogens is 268 g/mol. The van der Waals surface area contributed by atoms with Crippen molar-refractivity contribution in [3.05, 3.63) is 52.3 Å². The third kappa shape index (κ3) is 1.92. The SMILES string of the molecule is CC(=O)n1c(=O)cc(C)c2nc(-c3ccccc3)n(N)c21. The van der Waals surface area contributed by atoms with E-state index in [-0.39, 0.29) is 0 Å². The summed E-state index contributed by atoms with van der Waals surface area (Å²) in [6.07, 6.45) is 0. The molecule has 2 N–H and O–H groups in total. The van der Waals surface area contributed by atoms with Gasteiger partial charge in [-0.25, -0.2) is 14.2 Å². The highest BCUT2D eigenvalue weighted by atomic mass is 16.2. The lowest BCUT2D eigenvalue weighted by molar-refractivity contribution is 0.0936. The first-order valence-corrected chi connectivity index (χ1v) is 6.47. The first-order chi connectivity index (χ1) is 10.0. The predicted octanol–water partition coefficient (Wildman–Crippen LogP) is 1.55. The number of rotatable bonds is 1. The van der Waals surface area contributed by atoms with Gasteiger partial charge in [-0.3, -0.25) is 9.59 Å². The number of nitrogen functional groups attached to an aromatic ring is 1. The lowest BCUT2D eigenvalue weighted by Gasteiger charge is -2.07. The number of aryl methyl sites for hydroxylation is 1. The number of aromatic nitrogens is 3. The van der Waals surface area contributed by atoms with Gasteiger partial charge in [0.2, 0.25) is 5.91 Å². The van der Waals surface area contributed by atoms with E-state index in [9.17, 15) is 9.59 Å². The molecule has 0 spiro atoms. The second kappa shape index (κ2) is 4.59. The van der Waals surface area contributed by atoms with E-state index in [0.29, 0.717) is 22.6 Å². The molecule has 2 heterocycles. The first kappa shape index (κ1) is 13.1. The van der Waals surface area contributed by atoms with Crippen molar-refractivity contribution >= 4 is 17.1 Å². The lowest BCUT2D eigenvalue weighted by atomic mass is 10.2. The Morgan fingerprint density at radius 1 is 1.24 bits per heavy atom. The molecule has 3 aromatic rings. The van der Waals surface area contributed by atoms with E-state index in [1.165, 1.54) is 17.7 Å². The van der Waals surface area contributed by atoms with Crippen LogP contribution in [0.15, 0.2) is 41.2 Å². The maximum atomic E-state index is 12.0. The molecule has 0 saturated heterocycles. The van der Waals surface area contributed by atoms with Crippen molar-refractivity contribution in [3.8, 4) is 11.4 Å². The fraction of sp³-hybridized carbons (Fsp3) is 0.133. The second-order valence-electron chi connectivity index (χ2n) is 4.86. The number of carbonyl (C=O) groups excluding carboxylic acids is 1. The number of hydrogen-bond donors (Lipinski definition) is 1. The van der Waals surface area contributed by atoms with Crippen LogP contribution in [-0.2, 0) is 0 Å². The summed E-state index contributed by atoms with van der Waals surface area (Å²) in [4.78, 5) is 28.3. The topological polar surface area (TPSA) is 82.9 Å². The van der Waals surface area contributed by atoms with Gasteiger partial charge in [0.25, 0.3) is 5.56 Å². The first-order valence-electron chi connectivity index (χ1n) is 6.47. The highest BCUT2D eigenvalue weighted by Crippen LogP contribution is 2.23. The number of imidazole rings is 1. The van der Waals surface area contributed by atoms with Gasteiger partial charge >= 0.3 is 0 Å². The van der Waals surface area contributed by atoms with E-state index >= 15 is 0 Å². The number of carbonyl (C=O) groups is 1. The molecule has 106 valence electrons. The second-order valence-corrected chi connectivity index (χ2v) is 4.86. The molecule has 21 heavy (non-hydrogen) atoms.